The largest absolute Gasteiger partial charge is 0.342 e. The van der Waals surface area contributed by atoms with E-state index in [1.807, 2.05) is 0 Å². The Labute approximate surface area is 196 Å². The van der Waals surface area contributed by atoms with E-state index in [4.69, 9.17) is 4.98 Å². The normalized spacial score (nSPS) is 25.9. The lowest BCUT2D eigenvalue weighted by Crippen LogP contribution is -2.40. The summed E-state index contributed by atoms with van der Waals surface area (Å²) in [7, 11) is 0. The summed E-state index contributed by atoms with van der Waals surface area (Å²) < 4.78 is 0. The molecular weight excluding hydrogens is 410 g/mol. The summed E-state index contributed by atoms with van der Waals surface area (Å²) in [6.07, 6.45) is 7.88. The van der Waals surface area contributed by atoms with Crippen molar-refractivity contribution < 1.29 is 9.59 Å². The number of hydrogen-bond donors (Lipinski definition) is 1. The molecule has 5 heteroatoms. The highest BCUT2D eigenvalue weighted by molar-refractivity contribution is 6.19. The number of aromatic amines is 1. The van der Waals surface area contributed by atoms with E-state index in [-0.39, 0.29) is 17.7 Å². The van der Waals surface area contributed by atoms with Crippen molar-refractivity contribution in [2.75, 3.05) is 6.54 Å². The zero-order valence-electron chi connectivity index (χ0n) is 20.3. The fourth-order valence-electron chi connectivity index (χ4n) is 6.21. The number of aryl methyl sites for hydroxylation is 1. The average molecular weight is 446 g/mol. The van der Waals surface area contributed by atoms with Crippen molar-refractivity contribution in [2.24, 2.45) is 23.7 Å². The van der Waals surface area contributed by atoms with Gasteiger partial charge in [-0.2, -0.15) is 0 Å². The second-order valence-corrected chi connectivity index (χ2v) is 10.7. The standard InChI is InChI=1S/C28H35N3O2/c1-16(2)23-13-19(14-25-29-24-11-7-8-17(3)26(24)30-25)18(4)12-20(23)15-31-27(32)21-9-5-6-10-22(21)28(31)33/h7-8,11-12,16,19-20,23H,5-6,9-10,13-15H2,1-4H3,(H,29,30)/t19-,20-,23-/m0/s1. The minimum Gasteiger partial charge on any atom is -0.342 e. The molecular formula is C28H35N3O2. The third-order valence-electron chi connectivity index (χ3n) is 8.15. The summed E-state index contributed by atoms with van der Waals surface area (Å²) in [5.74, 6) is 2.54. The molecule has 3 aliphatic rings. The molecule has 174 valence electrons. The molecule has 0 radical (unpaired) electrons. The zero-order valence-corrected chi connectivity index (χ0v) is 20.3. The van der Waals surface area contributed by atoms with E-state index in [0.717, 1.165) is 66.5 Å². The molecule has 0 saturated carbocycles. The van der Waals surface area contributed by atoms with E-state index >= 15 is 0 Å². The van der Waals surface area contributed by atoms with Gasteiger partial charge in [0.25, 0.3) is 11.8 Å². The van der Waals surface area contributed by atoms with Crippen molar-refractivity contribution >= 4 is 22.8 Å². The fraction of sp³-hybridized carbons (Fsp3) is 0.536. The highest BCUT2D eigenvalue weighted by Gasteiger charge is 2.41. The van der Waals surface area contributed by atoms with Gasteiger partial charge in [0, 0.05) is 24.1 Å². The Balaban J connectivity index is 1.36. The van der Waals surface area contributed by atoms with Gasteiger partial charge < -0.3 is 4.98 Å². The van der Waals surface area contributed by atoms with Gasteiger partial charge in [0.1, 0.15) is 5.82 Å². The van der Waals surface area contributed by atoms with Crippen LogP contribution in [-0.4, -0.2) is 33.2 Å². The maximum atomic E-state index is 13.0. The lowest BCUT2D eigenvalue weighted by atomic mass is 9.69. The Bertz CT molecular complexity index is 1140. The van der Waals surface area contributed by atoms with Crippen LogP contribution in [0.5, 0.6) is 0 Å². The van der Waals surface area contributed by atoms with E-state index in [9.17, 15) is 9.59 Å². The van der Waals surface area contributed by atoms with Crippen LogP contribution < -0.4 is 0 Å². The summed E-state index contributed by atoms with van der Waals surface area (Å²) in [5, 5.41) is 0. The van der Waals surface area contributed by atoms with Gasteiger partial charge in [-0.3, -0.25) is 14.5 Å². The van der Waals surface area contributed by atoms with Crippen LogP contribution in [0.4, 0.5) is 0 Å². The first kappa shape index (κ1) is 22.1. The van der Waals surface area contributed by atoms with Crippen molar-refractivity contribution in [3.05, 3.63) is 52.4 Å². The number of fused-ring (bicyclic) bond motifs is 1. The molecule has 2 amide bonds. The first-order valence-electron chi connectivity index (χ1n) is 12.5. The van der Waals surface area contributed by atoms with Gasteiger partial charge in [-0.1, -0.05) is 37.6 Å². The minimum atomic E-state index is -0.0250. The zero-order chi connectivity index (χ0) is 23.3. The number of amides is 2. The van der Waals surface area contributed by atoms with E-state index in [1.54, 1.807) is 4.90 Å². The van der Waals surface area contributed by atoms with E-state index in [1.165, 1.54) is 11.1 Å². The van der Waals surface area contributed by atoms with E-state index < -0.39 is 0 Å². The third kappa shape index (κ3) is 3.96. The molecule has 3 atom stereocenters. The van der Waals surface area contributed by atoms with Crippen molar-refractivity contribution in [3.63, 3.8) is 0 Å². The molecule has 0 bridgehead atoms. The molecule has 33 heavy (non-hydrogen) atoms. The molecule has 1 aromatic carbocycles. The van der Waals surface area contributed by atoms with Crippen molar-refractivity contribution in [2.45, 2.75) is 66.2 Å². The Kier molecular flexibility index (Phi) is 5.75. The summed E-state index contributed by atoms with van der Waals surface area (Å²) in [6.45, 7) is 9.36. The van der Waals surface area contributed by atoms with Gasteiger partial charge in [-0.25, -0.2) is 4.98 Å². The number of imide groups is 1. The lowest BCUT2D eigenvalue weighted by molar-refractivity contribution is -0.138. The SMILES string of the molecule is CC1=C[C@@H](CN2C(=O)C3=C(CCCC3)C2=O)[C@H](C(C)C)C[C@H]1Cc1nc2c(C)cccc2[nH]1. The third-order valence-corrected chi connectivity index (χ3v) is 8.15. The Morgan fingerprint density at radius 2 is 1.79 bits per heavy atom. The molecule has 2 aromatic rings. The van der Waals surface area contributed by atoms with Crippen LogP contribution in [0.3, 0.4) is 0 Å². The molecule has 1 N–H and O–H groups in total. The van der Waals surface area contributed by atoms with Crippen molar-refractivity contribution in [3.8, 4) is 0 Å². The first-order chi connectivity index (χ1) is 15.8. The van der Waals surface area contributed by atoms with Crippen LogP contribution >= 0.6 is 0 Å². The van der Waals surface area contributed by atoms with Gasteiger partial charge >= 0.3 is 0 Å². The average Bonchev–Trinajstić information content (AvgIpc) is 3.31. The van der Waals surface area contributed by atoms with E-state index in [0.29, 0.717) is 24.3 Å². The van der Waals surface area contributed by atoms with Crippen LogP contribution in [-0.2, 0) is 16.0 Å². The van der Waals surface area contributed by atoms with Crippen LogP contribution in [0.25, 0.3) is 11.0 Å². The lowest BCUT2D eigenvalue weighted by Gasteiger charge is -2.38. The minimum absolute atomic E-state index is 0.0250. The van der Waals surface area contributed by atoms with Gasteiger partial charge in [-0.15, -0.1) is 0 Å². The molecule has 5 rings (SSSR count). The van der Waals surface area contributed by atoms with Crippen molar-refractivity contribution in [1.82, 2.24) is 14.9 Å². The number of carbonyl (C=O) groups is 2. The highest BCUT2D eigenvalue weighted by atomic mass is 16.2. The number of imidazole rings is 1. The number of hydrogen-bond acceptors (Lipinski definition) is 3. The summed E-state index contributed by atoms with van der Waals surface area (Å²) in [4.78, 5) is 36.0. The van der Waals surface area contributed by atoms with Crippen LogP contribution in [0, 0.1) is 30.6 Å². The summed E-state index contributed by atoms with van der Waals surface area (Å²) in [6, 6.07) is 6.26. The maximum Gasteiger partial charge on any atom is 0.257 e. The van der Waals surface area contributed by atoms with Crippen LogP contribution in [0.1, 0.15) is 64.3 Å². The Hall–Kier alpha value is -2.69. The predicted octanol–water partition coefficient (Wildman–Crippen LogP) is 5.51. The van der Waals surface area contributed by atoms with Gasteiger partial charge in [0.2, 0.25) is 0 Å². The topological polar surface area (TPSA) is 66.1 Å². The van der Waals surface area contributed by atoms with Gasteiger partial charge in [-0.05, 0) is 81.3 Å². The number of aromatic nitrogens is 2. The number of H-pyrrole nitrogens is 1. The molecule has 2 heterocycles. The van der Waals surface area contributed by atoms with Crippen LogP contribution in [0.2, 0.25) is 0 Å². The predicted molar refractivity (Wildman–Crippen MR) is 130 cm³/mol. The van der Waals surface area contributed by atoms with Gasteiger partial charge in [0.05, 0.1) is 11.0 Å². The number of nitrogens with zero attached hydrogens (tertiary/aromatic N) is 2. The number of rotatable bonds is 5. The molecule has 1 aromatic heterocycles. The summed E-state index contributed by atoms with van der Waals surface area (Å²) in [5.41, 5.74) is 6.30. The molecule has 0 saturated heterocycles. The molecule has 0 unspecified atom stereocenters. The molecule has 1 aliphatic heterocycles. The number of carbonyl (C=O) groups excluding carboxylic acids is 2. The number of benzene rings is 1. The van der Waals surface area contributed by atoms with Crippen LogP contribution in [0.15, 0.2) is 41.0 Å². The fourth-order valence-corrected chi connectivity index (χ4v) is 6.21. The highest BCUT2D eigenvalue weighted by Crippen LogP contribution is 2.41. The first-order valence-corrected chi connectivity index (χ1v) is 12.5. The Morgan fingerprint density at radius 3 is 2.42 bits per heavy atom. The molecule has 0 fully saturated rings. The number of nitrogens with one attached hydrogen (secondary N) is 1. The Morgan fingerprint density at radius 1 is 1.09 bits per heavy atom. The number of para-hydroxylation sites is 1. The molecule has 2 aliphatic carbocycles. The summed E-state index contributed by atoms with van der Waals surface area (Å²) >= 11 is 0. The van der Waals surface area contributed by atoms with Crippen molar-refractivity contribution in [1.29, 1.82) is 0 Å². The van der Waals surface area contributed by atoms with Gasteiger partial charge in [0.15, 0.2) is 0 Å². The van der Waals surface area contributed by atoms with E-state index in [2.05, 4.69) is 57.0 Å². The smallest absolute Gasteiger partial charge is 0.257 e. The maximum absolute atomic E-state index is 13.0. The molecule has 0 spiro atoms. The number of allylic oxidation sites excluding steroid dienone is 1. The second kappa shape index (κ2) is 8.58. The quantitative estimate of drug-likeness (QED) is 0.488. The second-order valence-electron chi connectivity index (χ2n) is 10.7. The molecule has 5 nitrogen and oxygen atoms in total. The monoisotopic (exact) mass is 445 g/mol.